The monoisotopic (exact) mass is 258 g/mol. The number of rotatable bonds is 2. The Morgan fingerprint density at radius 3 is 2.42 bits per heavy atom. The number of nitrogens with one attached hydrogen (secondary N) is 1. The maximum Gasteiger partial charge on any atom is 0.322 e. The lowest BCUT2D eigenvalue weighted by molar-refractivity contribution is 0.101. The summed E-state index contributed by atoms with van der Waals surface area (Å²) in [5.74, 6) is 0.0227. The van der Waals surface area contributed by atoms with Crippen LogP contribution in [0.15, 0.2) is 35.9 Å². The van der Waals surface area contributed by atoms with Crippen molar-refractivity contribution in [3.63, 3.8) is 0 Å². The predicted octanol–water partition coefficient (Wildman–Crippen LogP) is 3.07. The molecule has 0 bridgehead atoms. The molecular formula is C15H18N2O2. The van der Waals surface area contributed by atoms with Gasteiger partial charge in [-0.2, -0.15) is 0 Å². The largest absolute Gasteiger partial charge is 0.322 e. The summed E-state index contributed by atoms with van der Waals surface area (Å²) in [4.78, 5) is 24.9. The van der Waals surface area contributed by atoms with Gasteiger partial charge in [0.2, 0.25) is 0 Å². The summed E-state index contributed by atoms with van der Waals surface area (Å²) in [6.45, 7) is 5.01. The lowest BCUT2D eigenvalue weighted by atomic mass is 10.1. The molecule has 2 rings (SSSR count). The van der Waals surface area contributed by atoms with E-state index in [4.69, 9.17) is 0 Å². The highest BCUT2D eigenvalue weighted by Crippen LogP contribution is 2.13. The zero-order valence-electron chi connectivity index (χ0n) is 11.3. The molecule has 1 aliphatic heterocycles. The lowest BCUT2D eigenvalue weighted by Crippen LogP contribution is -2.37. The molecular weight excluding hydrogens is 240 g/mol. The summed E-state index contributed by atoms with van der Waals surface area (Å²) in [7, 11) is 0. The van der Waals surface area contributed by atoms with E-state index in [1.54, 1.807) is 29.2 Å². The van der Waals surface area contributed by atoms with E-state index < -0.39 is 0 Å². The summed E-state index contributed by atoms with van der Waals surface area (Å²) in [6, 6.07) is 6.84. The number of nitrogens with zero attached hydrogens (tertiary/aromatic N) is 1. The van der Waals surface area contributed by atoms with Gasteiger partial charge in [0.25, 0.3) is 0 Å². The molecule has 1 aromatic carbocycles. The van der Waals surface area contributed by atoms with Crippen LogP contribution < -0.4 is 5.32 Å². The van der Waals surface area contributed by atoms with E-state index in [9.17, 15) is 9.59 Å². The topological polar surface area (TPSA) is 49.4 Å². The molecule has 1 aromatic rings. The smallest absolute Gasteiger partial charge is 0.320 e. The molecule has 0 spiro atoms. The summed E-state index contributed by atoms with van der Waals surface area (Å²) in [5, 5.41) is 2.84. The Labute approximate surface area is 113 Å². The molecule has 4 heteroatoms. The van der Waals surface area contributed by atoms with Crippen molar-refractivity contribution in [1.82, 2.24) is 4.90 Å². The number of ketones is 1. The Balaban J connectivity index is 1.97. The summed E-state index contributed by atoms with van der Waals surface area (Å²) < 4.78 is 0. The molecule has 0 saturated carbocycles. The quantitative estimate of drug-likeness (QED) is 0.654. The molecule has 0 saturated heterocycles. The summed E-state index contributed by atoms with van der Waals surface area (Å²) in [5.41, 5.74) is 2.69. The fourth-order valence-corrected chi connectivity index (χ4v) is 1.95. The SMILES string of the molecule is CC(=O)c1ccc(NC(=O)N2CC=C(C)CC2)cc1. The maximum atomic E-state index is 12.0. The van der Waals surface area contributed by atoms with E-state index in [0.29, 0.717) is 17.8 Å². The van der Waals surface area contributed by atoms with E-state index in [-0.39, 0.29) is 11.8 Å². The van der Waals surface area contributed by atoms with Crippen LogP contribution in [0.5, 0.6) is 0 Å². The average molecular weight is 258 g/mol. The standard InChI is InChI=1S/C15H18N2O2/c1-11-7-9-17(10-8-11)15(19)16-14-5-3-13(4-6-14)12(2)18/h3-7H,8-10H2,1-2H3,(H,16,19). The van der Waals surface area contributed by atoms with E-state index in [2.05, 4.69) is 18.3 Å². The van der Waals surface area contributed by atoms with Crippen LogP contribution in [-0.2, 0) is 0 Å². The van der Waals surface area contributed by atoms with Gasteiger partial charge in [-0.25, -0.2) is 4.79 Å². The van der Waals surface area contributed by atoms with E-state index >= 15 is 0 Å². The highest BCUT2D eigenvalue weighted by molar-refractivity contribution is 5.95. The second-order valence-corrected chi connectivity index (χ2v) is 4.81. The summed E-state index contributed by atoms with van der Waals surface area (Å²) in [6.07, 6.45) is 3.00. The highest BCUT2D eigenvalue weighted by atomic mass is 16.2. The molecule has 1 aliphatic rings. The molecule has 2 amide bonds. The van der Waals surface area contributed by atoms with Gasteiger partial charge in [-0.3, -0.25) is 4.79 Å². The first-order valence-corrected chi connectivity index (χ1v) is 6.39. The highest BCUT2D eigenvalue weighted by Gasteiger charge is 2.15. The molecule has 4 nitrogen and oxygen atoms in total. The normalized spacial score (nSPS) is 14.8. The number of urea groups is 1. The molecule has 0 fully saturated rings. The van der Waals surface area contributed by atoms with Crippen molar-refractivity contribution in [1.29, 1.82) is 0 Å². The van der Waals surface area contributed by atoms with Crippen LogP contribution in [0.2, 0.25) is 0 Å². The molecule has 0 aliphatic carbocycles. The molecule has 1 N–H and O–H groups in total. The number of benzene rings is 1. The van der Waals surface area contributed by atoms with Crippen molar-refractivity contribution < 1.29 is 9.59 Å². The second-order valence-electron chi connectivity index (χ2n) is 4.81. The van der Waals surface area contributed by atoms with Crippen molar-refractivity contribution in [3.05, 3.63) is 41.5 Å². The zero-order chi connectivity index (χ0) is 13.8. The number of anilines is 1. The minimum absolute atomic E-state index is 0.0227. The van der Waals surface area contributed by atoms with Crippen LogP contribution in [0, 0.1) is 0 Å². The Morgan fingerprint density at radius 2 is 1.89 bits per heavy atom. The third kappa shape index (κ3) is 3.44. The molecule has 100 valence electrons. The van der Waals surface area contributed by atoms with Crippen molar-refractivity contribution in [2.45, 2.75) is 20.3 Å². The van der Waals surface area contributed by atoms with Crippen LogP contribution in [-0.4, -0.2) is 29.8 Å². The molecule has 19 heavy (non-hydrogen) atoms. The van der Waals surface area contributed by atoms with E-state index in [1.807, 2.05) is 0 Å². The Morgan fingerprint density at radius 1 is 1.21 bits per heavy atom. The minimum Gasteiger partial charge on any atom is -0.320 e. The molecule has 0 atom stereocenters. The number of hydrogen-bond acceptors (Lipinski definition) is 2. The van der Waals surface area contributed by atoms with Crippen LogP contribution in [0.1, 0.15) is 30.6 Å². The van der Waals surface area contributed by atoms with Gasteiger partial charge < -0.3 is 10.2 Å². The third-order valence-electron chi connectivity index (χ3n) is 3.27. The minimum atomic E-state index is -0.0978. The Kier molecular flexibility index (Phi) is 4.00. The van der Waals surface area contributed by atoms with Crippen molar-refractivity contribution in [2.24, 2.45) is 0 Å². The number of carbonyl (C=O) groups is 2. The van der Waals surface area contributed by atoms with Gasteiger partial charge in [-0.1, -0.05) is 11.6 Å². The zero-order valence-corrected chi connectivity index (χ0v) is 11.3. The van der Waals surface area contributed by atoms with Gasteiger partial charge in [0, 0.05) is 24.3 Å². The molecule has 0 unspecified atom stereocenters. The Hall–Kier alpha value is -2.10. The third-order valence-corrected chi connectivity index (χ3v) is 3.27. The predicted molar refractivity (Wildman–Crippen MR) is 75.4 cm³/mol. The number of amides is 2. The fourth-order valence-electron chi connectivity index (χ4n) is 1.95. The number of carbonyl (C=O) groups excluding carboxylic acids is 2. The maximum absolute atomic E-state index is 12.0. The number of hydrogen-bond donors (Lipinski definition) is 1. The second kappa shape index (κ2) is 5.69. The van der Waals surface area contributed by atoms with Gasteiger partial charge in [-0.05, 0) is 44.5 Å². The van der Waals surface area contributed by atoms with Gasteiger partial charge in [0.1, 0.15) is 0 Å². The first-order chi connectivity index (χ1) is 9.06. The van der Waals surface area contributed by atoms with Crippen LogP contribution in [0.25, 0.3) is 0 Å². The van der Waals surface area contributed by atoms with Crippen LogP contribution in [0.3, 0.4) is 0 Å². The molecule has 1 heterocycles. The first-order valence-electron chi connectivity index (χ1n) is 6.39. The van der Waals surface area contributed by atoms with E-state index in [0.717, 1.165) is 13.0 Å². The fraction of sp³-hybridized carbons (Fsp3) is 0.333. The Bertz CT molecular complexity index is 517. The van der Waals surface area contributed by atoms with Crippen LogP contribution >= 0.6 is 0 Å². The van der Waals surface area contributed by atoms with Crippen molar-refractivity contribution in [2.75, 3.05) is 18.4 Å². The van der Waals surface area contributed by atoms with Crippen molar-refractivity contribution in [3.8, 4) is 0 Å². The van der Waals surface area contributed by atoms with Gasteiger partial charge in [0.15, 0.2) is 5.78 Å². The van der Waals surface area contributed by atoms with Crippen LogP contribution in [0.4, 0.5) is 10.5 Å². The first kappa shape index (κ1) is 13.3. The molecule has 0 aromatic heterocycles. The summed E-state index contributed by atoms with van der Waals surface area (Å²) >= 11 is 0. The van der Waals surface area contributed by atoms with Crippen molar-refractivity contribution >= 4 is 17.5 Å². The van der Waals surface area contributed by atoms with Gasteiger partial charge in [0.05, 0.1) is 0 Å². The molecule has 0 radical (unpaired) electrons. The van der Waals surface area contributed by atoms with Gasteiger partial charge in [-0.15, -0.1) is 0 Å². The van der Waals surface area contributed by atoms with Gasteiger partial charge >= 0.3 is 6.03 Å². The number of Topliss-reactive ketones (excluding diaryl/α,β-unsaturated/α-hetero) is 1. The lowest BCUT2D eigenvalue weighted by Gasteiger charge is -2.25. The van der Waals surface area contributed by atoms with E-state index in [1.165, 1.54) is 12.5 Å². The average Bonchev–Trinajstić information content (AvgIpc) is 2.40.